The number of aromatic hydroxyl groups is 1. The molecule has 3 rings (SSSR count). The minimum atomic E-state index is 0.256. The van der Waals surface area contributed by atoms with E-state index in [1.54, 1.807) is 23.5 Å². The molecule has 94 valence electrons. The second kappa shape index (κ2) is 5.03. The van der Waals surface area contributed by atoms with E-state index in [1.165, 1.54) is 0 Å². The van der Waals surface area contributed by atoms with Crippen LogP contribution in [0.2, 0.25) is 5.02 Å². The molecular weight excluding hydrogens is 278 g/mol. The average molecular weight is 288 g/mol. The number of aromatic nitrogens is 1. The van der Waals surface area contributed by atoms with Gasteiger partial charge in [-0.2, -0.15) is 0 Å². The minimum Gasteiger partial charge on any atom is -0.508 e. The van der Waals surface area contributed by atoms with Gasteiger partial charge in [-0.25, -0.2) is 4.98 Å². The normalized spacial score (nSPS) is 10.6. The molecule has 0 saturated carbocycles. The summed E-state index contributed by atoms with van der Waals surface area (Å²) in [4.78, 5) is 4.59. The molecule has 2 aromatic carbocycles. The SMILES string of the molecule is Oc1ccc(-c2nc(-c3ccccc3Cl)cs2)cc1. The molecule has 0 aliphatic carbocycles. The van der Waals surface area contributed by atoms with Gasteiger partial charge in [0, 0.05) is 21.5 Å². The van der Waals surface area contributed by atoms with Crippen LogP contribution < -0.4 is 0 Å². The lowest BCUT2D eigenvalue weighted by atomic mass is 10.2. The molecule has 2 nitrogen and oxygen atoms in total. The lowest BCUT2D eigenvalue weighted by Gasteiger charge is -1.99. The molecule has 0 bridgehead atoms. The Kier molecular flexibility index (Phi) is 3.23. The summed E-state index contributed by atoms with van der Waals surface area (Å²) < 4.78 is 0. The molecule has 0 atom stereocenters. The Morgan fingerprint density at radius 2 is 1.74 bits per heavy atom. The van der Waals surface area contributed by atoms with E-state index in [0.29, 0.717) is 5.02 Å². The molecule has 3 aromatic rings. The van der Waals surface area contributed by atoms with Crippen LogP contribution in [0, 0.1) is 0 Å². The molecule has 0 aliphatic rings. The molecule has 4 heteroatoms. The van der Waals surface area contributed by atoms with Crippen LogP contribution in [0.15, 0.2) is 53.9 Å². The van der Waals surface area contributed by atoms with E-state index < -0.39 is 0 Å². The van der Waals surface area contributed by atoms with Gasteiger partial charge in [-0.1, -0.05) is 29.8 Å². The van der Waals surface area contributed by atoms with Gasteiger partial charge in [-0.05, 0) is 30.3 Å². The molecule has 1 aromatic heterocycles. The maximum atomic E-state index is 9.29. The summed E-state index contributed by atoms with van der Waals surface area (Å²) in [5, 5.41) is 12.9. The van der Waals surface area contributed by atoms with Crippen LogP contribution in [0.4, 0.5) is 0 Å². The van der Waals surface area contributed by atoms with Crippen molar-refractivity contribution < 1.29 is 5.11 Å². The van der Waals surface area contributed by atoms with Crippen molar-refractivity contribution in [2.24, 2.45) is 0 Å². The first-order valence-electron chi connectivity index (χ1n) is 5.74. The van der Waals surface area contributed by atoms with E-state index in [-0.39, 0.29) is 5.75 Å². The van der Waals surface area contributed by atoms with Crippen LogP contribution in [-0.4, -0.2) is 10.1 Å². The first-order chi connectivity index (χ1) is 9.24. The van der Waals surface area contributed by atoms with Gasteiger partial charge in [0.2, 0.25) is 0 Å². The molecule has 0 fully saturated rings. The molecule has 0 amide bonds. The van der Waals surface area contributed by atoms with Gasteiger partial charge in [0.15, 0.2) is 0 Å². The summed E-state index contributed by atoms with van der Waals surface area (Å²) in [6.45, 7) is 0. The van der Waals surface area contributed by atoms with Crippen LogP contribution in [0.25, 0.3) is 21.8 Å². The highest BCUT2D eigenvalue weighted by Crippen LogP contribution is 2.32. The number of phenolic OH excluding ortho intramolecular Hbond substituents is 1. The Balaban J connectivity index is 2.00. The first kappa shape index (κ1) is 12.2. The second-order valence-electron chi connectivity index (χ2n) is 4.06. The molecule has 1 heterocycles. The highest BCUT2D eigenvalue weighted by molar-refractivity contribution is 7.13. The van der Waals surface area contributed by atoms with Gasteiger partial charge in [-0.15, -0.1) is 11.3 Å². The van der Waals surface area contributed by atoms with Crippen molar-refractivity contribution in [3.63, 3.8) is 0 Å². The fourth-order valence-electron chi connectivity index (χ4n) is 1.80. The molecule has 0 radical (unpaired) electrons. The van der Waals surface area contributed by atoms with Gasteiger partial charge >= 0.3 is 0 Å². The van der Waals surface area contributed by atoms with Crippen molar-refractivity contribution in [1.82, 2.24) is 4.98 Å². The Bertz CT molecular complexity index is 706. The molecule has 0 saturated heterocycles. The summed E-state index contributed by atoms with van der Waals surface area (Å²) >= 11 is 7.73. The third-order valence-corrected chi connectivity index (χ3v) is 3.99. The van der Waals surface area contributed by atoms with Crippen molar-refractivity contribution >= 4 is 22.9 Å². The fourth-order valence-corrected chi connectivity index (χ4v) is 2.86. The van der Waals surface area contributed by atoms with E-state index in [1.807, 2.05) is 41.8 Å². The number of hydrogen-bond acceptors (Lipinski definition) is 3. The minimum absolute atomic E-state index is 0.256. The Morgan fingerprint density at radius 1 is 1.00 bits per heavy atom. The summed E-state index contributed by atoms with van der Waals surface area (Å²) in [6.07, 6.45) is 0. The highest BCUT2D eigenvalue weighted by Gasteiger charge is 2.09. The van der Waals surface area contributed by atoms with Gasteiger partial charge in [0.25, 0.3) is 0 Å². The van der Waals surface area contributed by atoms with E-state index in [9.17, 15) is 5.11 Å². The van der Waals surface area contributed by atoms with E-state index in [0.717, 1.165) is 21.8 Å². The molecular formula is C15H10ClNOS. The van der Waals surface area contributed by atoms with Gasteiger partial charge in [0.05, 0.1) is 5.69 Å². The molecule has 0 spiro atoms. The smallest absolute Gasteiger partial charge is 0.124 e. The maximum absolute atomic E-state index is 9.29. The highest BCUT2D eigenvalue weighted by atomic mass is 35.5. The number of thiazole rings is 1. The maximum Gasteiger partial charge on any atom is 0.124 e. The average Bonchev–Trinajstić information content (AvgIpc) is 2.89. The van der Waals surface area contributed by atoms with E-state index in [4.69, 9.17) is 11.6 Å². The van der Waals surface area contributed by atoms with Crippen LogP contribution in [0.3, 0.4) is 0 Å². The van der Waals surface area contributed by atoms with Gasteiger partial charge in [-0.3, -0.25) is 0 Å². The van der Waals surface area contributed by atoms with Crippen molar-refractivity contribution in [2.75, 3.05) is 0 Å². The molecule has 19 heavy (non-hydrogen) atoms. The molecule has 0 unspecified atom stereocenters. The Labute approximate surface area is 120 Å². The van der Waals surface area contributed by atoms with Crippen LogP contribution in [0.1, 0.15) is 0 Å². The fraction of sp³-hybridized carbons (Fsp3) is 0. The standard InChI is InChI=1S/C15H10ClNOS/c16-13-4-2-1-3-12(13)14-9-19-15(17-14)10-5-7-11(18)8-6-10/h1-9,18H. The van der Waals surface area contributed by atoms with Crippen molar-refractivity contribution in [3.05, 3.63) is 58.9 Å². The van der Waals surface area contributed by atoms with Crippen molar-refractivity contribution in [1.29, 1.82) is 0 Å². The van der Waals surface area contributed by atoms with Crippen molar-refractivity contribution in [3.8, 4) is 27.6 Å². The summed E-state index contributed by atoms with van der Waals surface area (Å²) in [5.41, 5.74) is 2.80. The predicted molar refractivity (Wildman–Crippen MR) is 79.7 cm³/mol. The number of rotatable bonds is 2. The van der Waals surface area contributed by atoms with E-state index in [2.05, 4.69) is 4.98 Å². The van der Waals surface area contributed by atoms with Crippen LogP contribution in [0.5, 0.6) is 5.75 Å². The zero-order valence-electron chi connectivity index (χ0n) is 9.88. The Hall–Kier alpha value is -1.84. The number of benzene rings is 2. The monoisotopic (exact) mass is 287 g/mol. The molecule has 0 aliphatic heterocycles. The zero-order chi connectivity index (χ0) is 13.2. The quantitative estimate of drug-likeness (QED) is 0.732. The number of phenols is 1. The van der Waals surface area contributed by atoms with Crippen molar-refractivity contribution in [2.45, 2.75) is 0 Å². The van der Waals surface area contributed by atoms with E-state index >= 15 is 0 Å². The topological polar surface area (TPSA) is 33.1 Å². The predicted octanol–water partition coefficient (Wildman–Crippen LogP) is 4.84. The summed E-state index contributed by atoms with van der Waals surface area (Å²) in [5.74, 6) is 0.256. The van der Waals surface area contributed by atoms with Crippen LogP contribution in [-0.2, 0) is 0 Å². The second-order valence-corrected chi connectivity index (χ2v) is 5.33. The number of hydrogen-bond donors (Lipinski definition) is 1. The summed E-state index contributed by atoms with van der Waals surface area (Å²) in [6, 6.07) is 14.7. The molecule has 1 N–H and O–H groups in total. The van der Waals surface area contributed by atoms with Gasteiger partial charge in [0.1, 0.15) is 10.8 Å². The first-order valence-corrected chi connectivity index (χ1v) is 6.99. The zero-order valence-corrected chi connectivity index (χ0v) is 11.4. The van der Waals surface area contributed by atoms with Gasteiger partial charge < -0.3 is 5.11 Å². The lowest BCUT2D eigenvalue weighted by molar-refractivity contribution is 0.475. The third kappa shape index (κ3) is 2.48. The number of nitrogens with zero attached hydrogens (tertiary/aromatic N) is 1. The summed E-state index contributed by atoms with van der Waals surface area (Å²) in [7, 11) is 0. The Morgan fingerprint density at radius 3 is 2.47 bits per heavy atom. The third-order valence-electron chi connectivity index (χ3n) is 2.77. The van der Waals surface area contributed by atoms with Crippen LogP contribution >= 0.6 is 22.9 Å². The number of halogens is 1. The lowest BCUT2D eigenvalue weighted by Crippen LogP contribution is -1.80. The largest absolute Gasteiger partial charge is 0.508 e.